The molecule has 0 amide bonds. The Kier molecular flexibility index (Phi) is 3.47. The summed E-state index contributed by atoms with van der Waals surface area (Å²) in [4.78, 5) is 13.0. The Morgan fingerprint density at radius 3 is 2.63 bits per heavy atom. The molecule has 1 aromatic rings. The van der Waals surface area contributed by atoms with Gasteiger partial charge in [0.15, 0.2) is 5.78 Å². The summed E-state index contributed by atoms with van der Waals surface area (Å²) in [5.41, 5.74) is -0.510. The third-order valence-corrected chi connectivity index (χ3v) is 3.04. The molecule has 2 rings (SSSR count). The molecule has 0 unspecified atom stereocenters. The van der Waals surface area contributed by atoms with Crippen LogP contribution in [0.2, 0.25) is 0 Å². The molecule has 1 aliphatic rings. The van der Waals surface area contributed by atoms with E-state index in [0.29, 0.717) is 25.1 Å². The number of benzene rings is 1. The van der Waals surface area contributed by atoms with E-state index in [0.717, 1.165) is 12.1 Å². The lowest BCUT2D eigenvalue weighted by atomic mass is 10.0. The molecule has 1 fully saturated rings. The molecule has 100 valence electrons. The Labute approximate surface area is 108 Å². The van der Waals surface area contributed by atoms with E-state index in [1.807, 2.05) is 0 Å². The zero-order chi connectivity index (χ0) is 14.0. The SMILES string of the molecule is N#Cc1cc(C(F)(F)F)ccc1N1CCCC(=O)C1. The summed E-state index contributed by atoms with van der Waals surface area (Å²) in [5, 5.41) is 8.98. The van der Waals surface area contributed by atoms with Crippen molar-refractivity contribution < 1.29 is 18.0 Å². The van der Waals surface area contributed by atoms with Crippen molar-refractivity contribution in [3.8, 4) is 6.07 Å². The summed E-state index contributed by atoms with van der Waals surface area (Å²) in [6.45, 7) is 0.728. The maximum absolute atomic E-state index is 12.6. The first kappa shape index (κ1) is 13.4. The molecule has 19 heavy (non-hydrogen) atoms. The van der Waals surface area contributed by atoms with E-state index in [1.54, 1.807) is 11.0 Å². The Morgan fingerprint density at radius 1 is 1.32 bits per heavy atom. The van der Waals surface area contributed by atoms with Crippen LogP contribution in [0.5, 0.6) is 0 Å². The Morgan fingerprint density at radius 2 is 2.05 bits per heavy atom. The van der Waals surface area contributed by atoms with Gasteiger partial charge in [-0.15, -0.1) is 0 Å². The lowest BCUT2D eigenvalue weighted by Gasteiger charge is -2.28. The van der Waals surface area contributed by atoms with Crippen LogP contribution in [-0.2, 0) is 11.0 Å². The predicted octanol–water partition coefficient (Wildman–Crippen LogP) is 2.75. The minimum atomic E-state index is -4.47. The number of hydrogen-bond donors (Lipinski definition) is 0. The number of carbonyl (C=O) groups is 1. The molecule has 0 atom stereocenters. The number of piperidine rings is 1. The highest BCUT2D eigenvalue weighted by atomic mass is 19.4. The molecule has 0 aliphatic carbocycles. The lowest BCUT2D eigenvalue weighted by molar-refractivity contribution is -0.137. The van der Waals surface area contributed by atoms with Crippen molar-refractivity contribution in [1.29, 1.82) is 5.26 Å². The zero-order valence-electron chi connectivity index (χ0n) is 10.00. The number of hydrogen-bond acceptors (Lipinski definition) is 3. The average Bonchev–Trinajstić information content (AvgIpc) is 2.37. The maximum atomic E-state index is 12.6. The van der Waals surface area contributed by atoms with E-state index in [1.165, 1.54) is 6.07 Å². The van der Waals surface area contributed by atoms with Gasteiger partial charge in [0.05, 0.1) is 23.4 Å². The predicted molar refractivity (Wildman–Crippen MR) is 62.6 cm³/mol. The molecule has 1 saturated heterocycles. The number of rotatable bonds is 1. The van der Waals surface area contributed by atoms with Gasteiger partial charge in [-0.2, -0.15) is 18.4 Å². The molecule has 1 heterocycles. The van der Waals surface area contributed by atoms with E-state index < -0.39 is 11.7 Å². The molecule has 0 aromatic heterocycles. The second kappa shape index (κ2) is 4.92. The van der Waals surface area contributed by atoms with Gasteiger partial charge in [-0.05, 0) is 24.6 Å². The van der Waals surface area contributed by atoms with Gasteiger partial charge < -0.3 is 4.90 Å². The molecule has 6 heteroatoms. The molecular formula is C13H11F3N2O. The van der Waals surface area contributed by atoms with Gasteiger partial charge in [-0.25, -0.2) is 0 Å². The Bertz CT molecular complexity index is 546. The summed E-state index contributed by atoms with van der Waals surface area (Å²) in [5.74, 6) is 0.0371. The van der Waals surface area contributed by atoms with Crippen molar-refractivity contribution in [1.82, 2.24) is 0 Å². The Hall–Kier alpha value is -2.03. The normalized spacial score (nSPS) is 16.3. The van der Waals surface area contributed by atoms with Crippen LogP contribution in [-0.4, -0.2) is 18.9 Å². The van der Waals surface area contributed by atoms with Crippen LogP contribution in [0.25, 0.3) is 0 Å². The van der Waals surface area contributed by atoms with E-state index in [9.17, 15) is 18.0 Å². The fraction of sp³-hybridized carbons (Fsp3) is 0.385. The number of anilines is 1. The molecule has 0 radical (unpaired) electrons. The summed E-state index contributed by atoms with van der Waals surface area (Å²) in [7, 11) is 0. The van der Waals surface area contributed by atoms with Gasteiger partial charge >= 0.3 is 6.18 Å². The summed E-state index contributed by atoms with van der Waals surface area (Å²) < 4.78 is 37.7. The van der Waals surface area contributed by atoms with Crippen LogP contribution in [0.15, 0.2) is 18.2 Å². The van der Waals surface area contributed by atoms with Gasteiger partial charge in [0.2, 0.25) is 0 Å². The first-order valence-corrected chi connectivity index (χ1v) is 5.80. The van der Waals surface area contributed by atoms with Crippen LogP contribution in [0.4, 0.5) is 18.9 Å². The van der Waals surface area contributed by atoms with Crippen LogP contribution in [0.1, 0.15) is 24.0 Å². The summed E-state index contributed by atoms with van der Waals surface area (Å²) in [6, 6.07) is 4.80. The van der Waals surface area contributed by atoms with Crippen LogP contribution in [0, 0.1) is 11.3 Å². The fourth-order valence-corrected chi connectivity index (χ4v) is 2.12. The highest BCUT2D eigenvalue weighted by Crippen LogP contribution is 2.33. The van der Waals surface area contributed by atoms with Crippen LogP contribution >= 0.6 is 0 Å². The second-order valence-corrected chi connectivity index (χ2v) is 4.41. The molecule has 3 nitrogen and oxygen atoms in total. The average molecular weight is 268 g/mol. The van der Waals surface area contributed by atoms with Gasteiger partial charge in [0.1, 0.15) is 6.07 Å². The van der Waals surface area contributed by atoms with E-state index >= 15 is 0 Å². The van der Waals surface area contributed by atoms with Gasteiger partial charge in [0.25, 0.3) is 0 Å². The van der Waals surface area contributed by atoms with Crippen molar-refractivity contribution >= 4 is 11.5 Å². The number of carbonyl (C=O) groups excluding carboxylic acids is 1. The molecule has 0 bridgehead atoms. The first-order valence-electron chi connectivity index (χ1n) is 5.80. The minimum Gasteiger partial charge on any atom is -0.363 e. The zero-order valence-corrected chi connectivity index (χ0v) is 10.00. The van der Waals surface area contributed by atoms with Crippen molar-refractivity contribution in [3.05, 3.63) is 29.3 Å². The minimum absolute atomic E-state index is 0.0371. The van der Waals surface area contributed by atoms with Crippen LogP contribution in [0.3, 0.4) is 0 Å². The first-order chi connectivity index (χ1) is 8.91. The molecule has 0 N–H and O–H groups in total. The standard InChI is InChI=1S/C13H11F3N2O/c14-13(15,16)10-3-4-12(9(6-10)7-17)18-5-1-2-11(19)8-18/h3-4,6H,1-2,5,8H2. The molecule has 0 spiro atoms. The largest absolute Gasteiger partial charge is 0.416 e. The third kappa shape index (κ3) is 2.87. The van der Waals surface area contributed by atoms with Gasteiger partial charge in [-0.1, -0.05) is 0 Å². The van der Waals surface area contributed by atoms with Crippen molar-refractivity contribution in [2.75, 3.05) is 18.0 Å². The van der Waals surface area contributed by atoms with Gasteiger partial charge in [0, 0.05) is 13.0 Å². The topological polar surface area (TPSA) is 44.1 Å². The van der Waals surface area contributed by atoms with E-state index in [2.05, 4.69) is 0 Å². The molecule has 1 aliphatic heterocycles. The smallest absolute Gasteiger partial charge is 0.363 e. The fourth-order valence-electron chi connectivity index (χ4n) is 2.12. The molecular weight excluding hydrogens is 257 g/mol. The number of halogens is 3. The maximum Gasteiger partial charge on any atom is 0.416 e. The number of nitriles is 1. The summed E-state index contributed by atoms with van der Waals surface area (Å²) in [6.07, 6.45) is -3.33. The molecule has 0 saturated carbocycles. The van der Waals surface area contributed by atoms with Crippen molar-refractivity contribution in [2.45, 2.75) is 19.0 Å². The highest BCUT2D eigenvalue weighted by Gasteiger charge is 2.31. The van der Waals surface area contributed by atoms with Gasteiger partial charge in [-0.3, -0.25) is 4.79 Å². The number of alkyl halides is 3. The highest BCUT2D eigenvalue weighted by molar-refractivity contribution is 5.85. The third-order valence-electron chi connectivity index (χ3n) is 3.04. The van der Waals surface area contributed by atoms with Crippen molar-refractivity contribution in [2.24, 2.45) is 0 Å². The summed E-state index contributed by atoms with van der Waals surface area (Å²) >= 11 is 0. The van der Waals surface area contributed by atoms with Crippen molar-refractivity contribution in [3.63, 3.8) is 0 Å². The second-order valence-electron chi connectivity index (χ2n) is 4.41. The monoisotopic (exact) mass is 268 g/mol. The quantitative estimate of drug-likeness (QED) is 0.786. The van der Waals surface area contributed by atoms with E-state index in [4.69, 9.17) is 5.26 Å². The van der Waals surface area contributed by atoms with E-state index in [-0.39, 0.29) is 17.9 Å². The van der Waals surface area contributed by atoms with Crippen LogP contribution < -0.4 is 4.90 Å². The molecule has 1 aromatic carbocycles. The number of nitrogens with zero attached hydrogens (tertiary/aromatic N) is 2. The number of ketones is 1. The lowest BCUT2D eigenvalue weighted by Crippen LogP contribution is -2.36. The Balaban J connectivity index is 2.36. The number of Topliss-reactive ketones (excluding diaryl/α,β-unsaturated/α-hetero) is 1.